The van der Waals surface area contributed by atoms with Gasteiger partial charge < -0.3 is 10.4 Å². The molecular weight excluding hydrogens is 300 g/mol. The van der Waals surface area contributed by atoms with E-state index in [4.69, 9.17) is 21.9 Å². The molecule has 0 aliphatic heterocycles. The Morgan fingerprint density at radius 1 is 1.38 bits per heavy atom. The average Bonchev–Trinajstić information content (AvgIpc) is 2.81. The van der Waals surface area contributed by atoms with Crippen LogP contribution in [0.3, 0.4) is 0 Å². The van der Waals surface area contributed by atoms with Crippen LogP contribution >= 0.6 is 11.6 Å². The van der Waals surface area contributed by atoms with Crippen LogP contribution in [0, 0.1) is 0 Å². The number of anilines is 1. The summed E-state index contributed by atoms with van der Waals surface area (Å²) in [7, 11) is 0. The van der Waals surface area contributed by atoms with E-state index in [1.165, 1.54) is 5.48 Å². The Labute approximate surface area is 124 Å². The molecule has 0 atom stereocenters. The summed E-state index contributed by atoms with van der Waals surface area (Å²) in [6.45, 7) is -0.199. The summed E-state index contributed by atoms with van der Waals surface area (Å²) >= 11 is 6.10. The van der Waals surface area contributed by atoms with Gasteiger partial charge in [-0.15, -0.1) is 0 Å². The Morgan fingerprint density at radius 2 is 2.14 bits per heavy atom. The standard InChI is InChI=1S/C12H13ClN4O4/c13-8-2-1-3-9-15-7(4-5-11(19)20)12(17(8)9)14-6-10(18)16-21/h1-3,14,21H,4-6H2,(H,16,18)(H,19,20). The first kappa shape index (κ1) is 15.1. The first-order valence-electron chi connectivity index (χ1n) is 6.07. The summed E-state index contributed by atoms with van der Waals surface area (Å²) in [4.78, 5) is 26.1. The van der Waals surface area contributed by atoms with Gasteiger partial charge in [0, 0.05) is 6.42 Å². The number of carboxylic acids is 1. The Morgan fingerprint density at radius 3 is 2.81 bits per heavy atom. The summed E-state index contributed by atoms with van der Waals surface area (Å²) in [5.41, 5.74) is 2.52. The highest BCUT2D eigenvalue weighted by molar-refractivity contribution is 6.30. The molecule has 2 aromatic rings. The quantitative estimate of drug-likeness (QED) is 0.358. The minimum absolute atomic E-state index is 0.0949. The molecule has 21 heavy (non-hydrogen) atoms. The summed E-state index contributed by atoms with van der Waals surface area (Å²) in [6.07, 6.45) is 0.0960. The van der Waals surface area contributed by atoms with Crippen LogP contribution in [0.15, 0.2) is 18.2 Å². The normalized spacial score (nSPS) is 10.6. The molecule has 0 unspecified atom stereocenters. The van der Waals surface area contributed by atoms with Gasteiger partial charge in [0.25, 0.3) is 5.91 Å². The fraction of sp³-hybridized carbons (Fsp3) is 0.250. The number of carbonyl (C=O) groups excluding carboxylic acids is 1. The van der Waals surface area contributed by atoms with Crippen LogP contribution in [0.2, 0.25) is 5.15 Å². The number of carbonyl (C=O) groups is 2. The number of hydrogen-bond donors (Lipinski definition) is 4. The van der Waals surface area contributed by atoms with Gasteiger partial charge in [0.15, 0.2) is 0 Å². The van der Waals surface area contributed by atoms with Crippen LogP contribution in [0.25, 0.3) is 5.65 Å². The van der Waals surface area contributed by atoms with E-state index in [1.807, 2.05) is 0 Å². The van der Waals surface area contributed by atoms with Crippen molar-refractivity contribution < 1.29 is 19.9 Å². The lowest BCUT2D eigenvalue weighted by molar-refractivity contribution is -0.137. The molecule has 0 saturated carbocycles. The highest BCUT2D eigenvalue weighted by Gasteiger charge is 2.15. The molecule has 0 saturated heterocycles. The van der Waals surface area contributed by atoms with Crippen LogP contribution in [0.1, 0.15) is 12.1 Å². The topological polar surface area (TPSA) is 116 Å². The molecule has 2 aromatic heterocycles. The van der Waals surface area contributed by atoms with E-state index in [9.17, 15) is 9.59 Å². The van der Waals surface area contributed by atoms with Crippen molar-refractivity contribution in [3.05, 3.63) is 29.0 Å². The smallest absolute Gasteiger partial charge is 0.303 e. The van der Waals surface area contributed by atoms with Gasteiger partial charge in [0.1, 0.15) is 16.6 Å². The van der Waals surface area contributed by atoms with Crippen LogP contribution < -0.4 is 10.8 Å². The van der Waals surface area contributed by atoms with Crippen molar-refractivity contribution in [2.45, 2.75) is 12.8 Å². The molecule has 2 rings (SSSR count). The van der Waals surface area contributed by atoms with Gasteiger partial charge in [-0.1, -0.05) is 17.7 Å². The number of nitrogens with one attached hydrogen (secondary N) is 2. The average molecular weight is 313 g/mol. The summed E-state index contributed by atoms with van der Waals surface area (Å²) < 4.78 is 1.57. The Balaban J connectivity index is 2.38. The largest absolute Gasteiger partial charge is 0.481 e. The van der Waals surface area contributed by atoms with Crippen molar-refractivity contribution in [3.8, 4) is 0 Å². The van der Waals surface area contributed by atoms with Gasteiger partial charge in [-0.05, 0) is 12.1 Å². The van der Waals surface area contributed by atoms with Gasteiger partial charge in [0.2, 0.25) is 0 Å². The van der Waals surface area contributed by atoms with E-state index >= 15 is 0 Å². The summed E-state index contributed by atoms with van der Waals surface area (Å²) in [5, 5.41) is 20.5. The minimum atomic E-state index is -0.947. The molecule has 4 N–H and O–H groups in total. The number of pyridine rings is 1. The number of nitrogens with zero attached hydrogens (tertiary/aromatic N) is 2. The Kier molecular flexibility index (Phi) is 4.61. The monoisotopic (exact) mass is 312 g/mol. The van der Waals surface area contributed by atoms with Crippen LogP contribution in [0.4, 0.5) is 5.82 Å². The lowest BCUT2D eigenvalue weighted by Crippen LogP contribution is -2.27. The highest BCUT2D eigenvalue weighted by atomic mass is 35.5. The molecule has 0 bridgehead atoms. The number of fused-ring (bicyclic) bond motifs is 1. The molecule has 8 nitrogen and oxygen atoms in total. The predicted molar refractivity (Wildman–Crippen MR) is 74.6 cm³/mol. The maximum absolute atomic E-state index is 11.1. The van der Waals surface area contributed by atoms with E-state index in [2.05, 4.69) is 10.3 Å². The zero-order valence-electron chi connectivity index (χ0n) is 10.8. The molecule has 0 aliphatic carbocycles. The molecule has 9 heteroatoms. The lowest BCUT2D eigenvalue weighted by atomic mass is 10.2. The number of aryl methyl sites for hydroxylation is 1. The van der Waals surface area contributed by atoms with Crippen molar-refractivity contribution in [1.82, 2.24) is 14.9 Å². The maximum atomic E-state index is 11.1. The van der Waals surface area contributed by atoms with Crippen molar-refractivity contribution in [2.75, 3.05) is 11.9 Å². The van der Waals surface area contributed by atoms with E-state index in [0.717, 1.165) is 0 Å². The number of aromatic nitrogens is 2. The zero-order chi connectivity index (χ0) is 15.4. The van der Waals surface area contributed by atoms with E-state index in [1.54, 1.807) is 22.6 Å². The third-order valence-corrected chi connectivity index (χ3v) is 3.08. The van der Waals surface area contributed by atoms with E-state index in [-0.39, 0.29) is 19.4 Å². The fourth-order valence-electron chi connectivity index (χ4n) is 1.89. The second-order valence-corrected chi connectivity index (χ2v) is 4.62. The number of imidazole rings is 1. The SMILES string of the molecule is O=C(O)CCc1nc2cccc(Cl)n2c1NCC(=O)NO. The third-order valence-electron chi connectivity index (χ3n) is 2.78. The van der Waals surface area contributed by atoms with Crippen molar-refractivity contribution in [2.24, 2.45) is 0 Å². The van der Waals surface area contributed by atoms with Crippen molar-refractivity contribution in [1.29, 1.82) is 0 Å². The third kappa shape index (κ3) is 3.41. The molecule has 112 valence electrons. The number of halogens is 1. The molecule has 2 heterocycles. The molecule has 0 fully saturated rings. The predicted octanol–water partition coefficient (Wildman–Crippen LogP) is 0.922. The first-order valence-corrected chi connectivity index (χ1v) is 6.45. The molecular formula is C12H13ClN4O4. The fourth-order valence-corrected chi connectivity index (χ4v) is 2.13. The van der Waals surface area contributed by atoms with Gasteiger partial charge in [-0.2, -0.15) is 0 Å². The Hall–Kier alpha value is -2.32. The second kappa shape index (κ2) is 6.42. The maximum Gasteiger partial charge on any atom is 0.303 e. The van der Waals surface area contributed by atoms with E-state index < -0.39 is 11.9 Å². The van der Waals surface area contributed by atoms with Crippen LogP contribution in [0.5, 0.6) is 0 Å². The Bertz CT molecular complexity index is 685. The van der Waals surface area contributed by atoms with Gasteiger partial charge in [-0.3, -0.25) is 19.2 Å². The van der Waals surface area contributed by atoms with Gasteiger partial charge in [-0.25, -0.2) is 10.5 Å². The zero-order valence-corrected chi connectivity index (χ0v) is 11.6. The van der Waals surface area contributed by atoms with Gasteiger partial charge >= 0.3 is 5.97 Å². The number of amides is 1. The molecule has 0 aliphatic rings. The minimum Gasteiger partial charge on any atom is -0.481 e. The summed E-state index contributed by atoms with van der Waals surface area (Å²) in [5.74, 6) is -1.15. The van der Waals surface area contributed by atoms with Crippen molar-refractivity contribution in [3.63, 3.8) is 0 Å². The molecule has 1 amide bonds. The van der Waals surface area contributed by atoms with Gasteiger partial charge in [0.05, 0.1) is 18.7 Å². The molecule has 0 radical (unpaired) electrons. The molecule has 0 spiro atoms. The number of carboxylic acid groups (broad SMARTS) is 1. The lowest BCUT2D eigenvalue weighted by Gasteiger charge is -2.08. The number of hydrogen-bond acceptors (Lipinski definition) is 5. The summed E-state index contributed by atoms with van der Waals surface area (Å²) in [6, 6.07) is 5.08. The van der Waals surface area contributed by atoms with Crippen molar-refractivity contribution >= 4 is 34.9 Å². The van der Waals surface area contributed by atoms with E-state index in [0.29, 0.717) is 22.3 Å². The van der Waals surface area contributed by atoms with Crippen LogP contribution in [-0.2, 0) is 16.0 Å². The number of hydroxylamine groups is 1. The first-order chi connectivity index (χ1) is 10.0. The highest BCUT2D eigenvalue weighted by Crippen LogP contribution is 2.24. The number of rotatable bonds is 6. The molecule has 0 aromatic carbocycles. The van der Waals surface area contributed by atoms with Crippen LogP contribution in [-0.4, -0.2) is 38.1 Å². The second-order valence-electron chi connectivity index (χ2n) is 4.23. The number of aliphatic carboxylic acids is 1.